The molecule has 0 spiro atoms. The molecule has 1 aromatic carbocycles. The Hall–Kier alpha value is -1.84. The number of ether oxygens (including phenoxy) is 1. The molecule has 19 heavy (non-hydrogen) atoms. The van der Waals surface area contributed by atoms with Gasteiger partial charge in [-0.3, -0.25) is 0 Å². The molecule has 0 aliphatic heterocycles. The average Bonchev–Trinajstić information content (AvgIpc) is 2.72. The van der Waals surface area contributed by atoms with Gasteiger partial charge < -0.3 is 9.30 Å². The molecule has 102 valence electrons. The van der Waals surface area contributed by atoms with Crippen molar-refractivity contribution < 1.29 is 9.53 Å². The molecule has 0 saturated heterocycles. The van der Waals surface area contributed by atoms with Gasteiger partial charge in [-0.2, -0.15) is 0 Å². The third kappa shape index (κ3) is 2.62. The summed E-state index contributed by atoms with van der Waals surface area (Å²) in [7, 11) is 0. The van der Waals surface area contributed by atoms with E-state index in [1.165, 1.54) is 0 Å². The van der Waals surface area contributed by atoms with Crippen LogP contribution < -0.4 is 0 Å². The van der Waals surface area contributed by atoms with Crippen molar-refractivity contribution in [3.05, 3.63) is 30.1 Å². The zero-order valence-electron chi connectivity index (χ0n) is 11.7. The van der Waals surface area contributed by atoms with Crippen molar-refractivity contribution in [1.29, 1.82) is 0 Å². The Balaban J connectivity index is 2.49. The number of esters is 1. The van der Waals surface area contributed by atoms with E-state index in [1.807, 2.05) is 42.7 Å². The van der Waals surface area contributed by atoms with Crippen molar-refractivity contribution in [3.63, 3.8) is 0 Å². The lowest BCUT2D eigenvalue weighted by atomic mass is 10.1. The summed E-state index contributed by atoms with van der Waals surface area (Å²) in [4.78, 5) is 16.7. The topological polar surface area (TPSA) is 44.1 Å². The lowest BCUT2D eigenvalue weighted by Crippen LogP contribution is -2.22. The van der Waals surface area contributed by atoms with Gasteiger partial charge >= 0.3 is 5.97 Å². The minimum Gasteiger partial charge on any atom is -0.464 e. The molecule has 1 atom stereocenters. The Morgan fingerprint density at radius 3 is 2.79 bits per heavy atom. The van der Waals surface area contributed by atoms with Gasteiger partial charge in [0.05, 0.1) is 17.6 Å². The van der Waals surface area contributed by atoms with Crippen LogP contribution in [0.5, 0.6) is 0 Å². The number of benzene rings is 1. The Kier molecular flexibility index (Phi) is 4.20. The fourth-order valence-electron chi connectivity index (χ4n) is 2.42. The molecule has 1 unspecified atom stereocenters. The Bertz CT molecular complexity index is 575. The van der Waals surface area contributed by atoms with Crippen LogP contribution in [0.25, 0.3) is 11.0 Å². The van der Waals surface area contributed by atoms with Crippen LogP contribution in [0.15, 0.2) is 24.3 Å². The quantitative estimate of drug-likeness (QED) is 0.775. The number of hydrogen-bond donors (Lipinski definition) is 0. The second-order valence-corrected chi connectivity index (χ2v) is 4.57. The van der Waals surface area contributed by atoms with E-state index in [4.69, 9.17) is 4.74 Å². The van der Waals surface area contributed by atoms with Gasteiger partial charge in [0.1, 0.15) is 11.9 Å². The monoisotopic (exact) mass is 260 g/mol. The number of aromatic nitrogens is 2. The molecule has 0 radical (unpaired) electrons. The summed E-state index contributed by atoms with van der Waals surface area (Å²) < 4.78 is 7.19. The SMILES string of the molecule is CCCC(C(=O)OCC)n1c(C)nc2ccccc21. The van der Waals surface area contributed by atoms with Crippen LogP contribution in [0.4, 0.5) is 0 Å². The number of nitrogens with zero attached hydrogens (tertiary/aromatic N) is 2. The number of fused-ring (bicyclic) bond motifs is 1. The van der Waals surface area contributed by atoms with E-state index < -0.39 is 0 Å². The number of hydrogen-bond acceptors (Lipinski definition) is 3. The first kappa shape index (κ1) is 13.6. The molecule has 1 aromatic heterocycles. The number of imidazole rings is 1. The number of aryl methyl sites for hydroxylation is 1. The summed E-state index contributed by atoms with van der Waals surface area (Å²) in [5.74, 6) is 0.684. The van der Waals surface area contributed by atoms with Gasteiger partial charge in [0, 0.05) is 0 Å². The molecule has 0 aliphatic carbocycles. The molecule has 2 aromatic rings. The van der Waals surface area contributed by atoms with Crippen LogP contribution in [0, 0.1) is 6.92 Å². The summed E-state index contributed by atoms with van der Waals surface area (Å²) in [5, 5.41) is 0. The van der Waals surface area contributed by atoms with Crippen LogP contribution in [-0.4, -0.2) is 22.1 Å². The highest BCUT2D eigenvalue weighted by Crippen LogP contribution is 2.25. The van der Waals surface area contributed by atoms with Crippen LogP contribution in [-0.2, 0) is 9.53 Å². The first-order valence-electron chi connectivity index (χ1n) is 6.79. The molecule has 0 amide bonds. The minimum atomic E-state index is -0.280. The zero-order chi connectivity index (χ0) is 13.8. The molecule has 4 heteroatoms. The van der Waals surface area contributed by atoms with Crippen molar-refractivity contribution in [2.45, 2.75) is 39.7 Å². The number of rotatable bonds is 5. The Labute approximate surface area is 113 Å². The summed E-state index contributed by atoms with van der Waals surface area (Å²) >= 11 is 0. The first-order chi connectivity index (χ1) is 9.19. The van der Waals surface area contributed by atoms with E-state index in [0.717, 1.165) is 29.7 Å². The first-order valence-corrected chi connectivity index (χ1v) is 6.79. The van der Waals surface area contributed by atoms with E-state index in [2.05, 4.69) is 11.9 Å². The molecule has 0 fully saturated rings. The molecule has 2 rings (SSSR count). The average molecular weight is 260 g/mol. The summed E-state index contributed by atoms with van der Waals surface area (Å²) in [6.45, 7) is 6.24. The summed E-state index contributed by atoms with van der Waals surface area (Å²) in [6, 6.07) is 7.61. The third-order valence-corrected chi connectivity index (χ3v) is 3.20. The normalized spacial score (nSPS) is 12.6. The van der Waals surface area contributed by atoms with Gasteiger partial charge in [0.15, 0.2) is 0 Å². The van der Waals surface area contributed by atoms with Gasteiger partial charge in [-0.1, -0.05) is 25.5 Å². The fraction of sp³-hybridized carbons (Fsp3) is 0.467. The number of para-hydroxylation sites is 2. The number of carbonyl (C=O) groups excluding carboxylic acids is 1. The van der Waals surface area contributed by atoms with E-state index in [9.17, 15) is 4.79 Å². The largest absolute Gasteiger partial charge is 0.464 e. The zero-order valence-corrected chi connectivity index (χ0v) is 11.7. The highest BCUT2D eigenvalue weighted by atomic mass is 16.5. The van der Waals surface area contributed by atoms with Crippen LogP contribution in [0.2, 0.25) is 0 Å². The van der Waals surface area contributed by atoms with Crippen LogP contribution in [0.1, 0.15) is 38.6 Å². The maximum absolute atomic E-state index is 12.2. The van der Waals surface area contributed by atoms with Crippen molar-refractivity contribution >= 4 is 17.0 Å². The van der Waals surface area contributed by atoms with E-state index in [0.29, 0.717) is 6.61 Å². The molecule has 0 N–H and O–H groups in total. The second-order valence-electron chi connectivity index (χ2n) is 4.57. The smallest absolute Gasteiger partial charge is 0.329 e. The predicted molar refractivity (Wildman–Crippen MR) is 75.0 cm³/mol. The Morgan fingerprint density at radius 2 is 2.11 bits per heavy atom. The van der Waals surface area contributed by atoms with Crippen molar-refractivity contribution in [3.8, 4) is 0 Å². The molecule has 1 heterocycles. The highest BCUT2D eigenvalue weighted by molar-refractivity contribution is 5.81. The fourth-order valence-corrected chi connectivity index (χ4v) is 2.42. The highest BCUT2D eigenvalue weighted by Gasteiger charge is 2.24. The molecular formula is C15H20N2O2. The van der Waals surface area contributed by atoms with Crippen molar-refractivity contribution in [2.24, 2.45) is 0 Å². The van der Waals surface area contributed by atoms with E-state index in [1.54, 1.807) is 0 Å². The maximum Gasteiger partial charge on any atom is 0.329 e. The van der Waals surface area contributed by atoms with E-state index >= 15 is 0 Å². The maximum atomic E-state index is 12.2. The molecule has 0 saturated carbocycles. The Morgan fingerprint density at radius 1 is 1.37 bits per heavy atom. The molecular weight excluding hydrogens is 240 g/mol. The third-order valence-electron chi connectivity index (χ3n) is 3.20. The van der Waals surface area contributed by atoms with Crippen LogP contribution >= 0.6 is 0 Å². The second kappa shape index (κ2) is 5.87. The summed E-state index contributed by atoms with van der Waals surface area (Å²) in [6.07, 6.45) is 1.69. The van der Waals surface area contributed by atoms with Gasteiger partial charge in [-0.05, 0) is 32.4 Å². The predicted octanol–water partition coefficient (Wildman–Crippen LogP) is 3.25. The van der Waals surface area contributed by atoms with Crippen LogP contribution in [0.3, 0.4) is 0 Å². The van der Waals surface area contributed by atoms with Gasteiger partial charge in [-0.25, -0.2) is 9.78 Å². The standard InChI is InChI=1S/C15H20N2O2/c1-4-8-14(15(18)19-5-2)17-11(3)16-12-9-6-7-10-13(12)17/h6-7,9-10,14H,4-5,8H2,1-3H3. The molecule has 0 bridgehead atoms. The van der Waals surface area contributed by atoms with Crippen molar-refractivity contribution in [2.75, 3.05) is 6.61 Å². The number of carbonyl (C=O) groups is 1. The van der Waals surface area contributed by atoms with Gasteiger partial charge in [-0.15, -0.1) is 0 Å². The van der Waals surface area contributed by atoms with Crippen molar-refractivity contribution in [1.82, 2.24) is 9.55 Å². The molecule has 4 nitrogen and oxygen atoms in total. The van der Waals surface area contributed by atoms with Gasteiger partial charge in [0.2, 0.25) is 0 Å². The molecule has 0 aliphatic rings. The minimum absolute atomic E-state index is 0.171. The lowest BCUT2D eigenvalue weighted by Gasteiger charge is -2.18. The van der Waals surface area contributed by atoms with E-state index in [-0.39, 0.29) is 12.0 Å². The summed E-state index contributed by atoms with van der Waals surface area (Å²) in [5.41, 5.74) is 1.91. The van der Waals surface area contributed by atoms with Gasteiger partial charge in [0.25, 0.3) is 0 Å². The lowest BCUT2D eigenvalue weighted by molar-refractivity contribution is -0.147.